The number of rotatable bonds is 7. The minimum Gasteiger partial charge on any atom is -0.438 e. The van der Waals surface area contributed by atoms with Crippen LogP contribution in [0.25, 0.3) is 123 Å². The summed E-state index contributed by atoms with van der Waals surface area (Å²) in [5.74, 6) is 1.25. The molecule has 12 aromatic rings. The first-order valence-corrected chi connectivity index (χ1v) is 20.6. The Kier molecular flexibility index (Phi) is 8.38. The van der Waals surface area contributed by atoms with Gasteiger partial charge in [-0.2, -0.15) is 9.97 Å². The Morgan fingerprint density at radius 3 is 0.952 bits per heavy atom. The molecule has 0 N–H and O–H groups in total. The Morgan fingerprint density at radius 1 is 0.258 bits per heavy atom. The molecule has 0 aliphatic rings. The maximum absolute atomic E-state index is 6.32. The molecule has 62 heavy (non-hydrogen) atoms. The number of furan rings is 2. The summed E-state index contributed by atoms with van der Waals surface area (Å²) >= 11 is 0. The molecule has 0 fully saturated rings. The second-order valence-electron chi connectivity index (χ2n) is 15.4. The largest absolute Gasteiger partial charge is 0.438 e. The molecular weight excluding hydrogens is 761 g/mol. The SMILES string of the molecule is c1ccc(-c2nc(-c3cccc(-c4cccc(-c5cccc(-c6cccc(-c7nc(-c8ccccc8)nc8oc9ccccc9c78)c6)c5)c4)c3)c3c(n2)oc2ccccc23)cc1. The number of hydrogen-bond acceptors (Lipinski definition) is 6. The zero-order valence-corrected chi connectivity index (χ0v) is 33.2. The third kappa shape index (κ3) is 6.21. The van der Waals surface area contributed by atoms with Crippen molar-refractivity contribution in [3.8, 4) is 78.7 Å². The molecule has 6 nitrogen and oxygen atoms in total. The number of aromatic nitrogens is 4. The number of para-hydroxylation sites is 2. The summed E-state index contributed by atoms with van der Waals surface area (Å²) in [5.41, 5.74) is 14.9. The van der Waals surface area contributed by atoms with Gasteiger partial charge in [0.15, 0.2) is 11.6 Å². The van der Waals surface area contributed by atoms with Gasteiger partial charge in [0.1, 0.15) is 11.2 Å². The second-order valence-corrected chi connectivity index (χ2v) is 15.4. The maximum Gasteiger partial charge on any atom is 0.231 e. The normalized spacial score (nSPS) is 11.5. The summed E-state index contributed by atoms with van der Waals surface area (Å²) in [6.07, 6.45) is 0. The summed E-state index contributed by atoms with van der Waals surface area (Å²) in [5, 5.41) is 3.80. The Hall–Kier alpha value is -8.48. The Balaban J connectivity index is 0.919. The molecule has 0 spiro atoms. The van der Waals surface area contributed by atoms with Crippen LogP contribution in [-0.4, -0.2) is 19.9 Å². The smallest absolute Gasteiger partial charge is 0.231 e. The van der Waals surface area contributed by atoms with Crippen LogP contribution in [-0.2, 0) is 0 Å². The summed E-state index contributed by atoms with van der Waals surface area (Å²) < 4.78 is 12.6. The third-order valence-corrected chi connectivity index (χ3v) is 11.5. The predicted octanol–water partition coefficient (Wildman–Crippen LogP) is 14.7. The highest BCUT2D eigenvalue weighted by atomic mass is 16.3. The molecule has 0 aliphatic carbocycles. The van der Waals surface area contributed by atoms with Gasteiger partial charge in [0.2, 0.25) is 11.4 Å². The minimum absolute atomic E-state index is 0.574. The van der Waals surface area contributed by atoms with Gasteiger partial charge >= 0.3 is 0 Å². The van der Waals surface area contributed by atoms with Crippen molar-refractivity contribution in [3.05, 3.63) is 206 Å². The first kappa shape index (κ1) is 35.5. The Labute approximate surface area is 356 Å². The number of fused-ring (bicyclic) bond motifs is 6. The molecular formula is C56H34N4O2. The van der Waals surface area contributed by atoms with Gasteiger partial charge < -0.3 is 8.83 Å². The molecule has 0 atom stereocenters. The van der Waals surface area contributed by atoms with Crippen molar-refractivity contribution in [2.75, 3.05) is 0 Å². The molecule has 8 aromatic carbocycles. The van der Waals surface area contributed by atoms with Crippen LogP contribution in [0.5, 0.6) is 0 Å². The summed E-state index contributed by atoms with van der Waals surface area (Å²) in [6.45, 7) is 0. The molecule has 0 aliphatic heterocycles. The molecule has 0 unspecified atom stereocenters. The molecule has 0 bridgehead atoms. The highest BCUT2D eigenvalue weighted by molar-refractivity contribution is 6.12. The van der Waals surface area contributed by atoms with Crippen LogP contribution < -0.4 is 0 Å². The lowest BCUT2D eigenvalue weighted by Crippen LogP contribution is -1.94. The average molecular weight is 795 g/mol. The Morgan fingerprint density at radius 2 is 0.565 bits per heavy atom. The zero-order chi connectivity index (χ0) is 41.0. The highest BCUT2D eigenvalue weighted by Crippen LogP contribution is 2.40. The van der Waals surface area contributed by atoms with Crippen molar-refractivity contribution < 1.29 is 8.83 Å². The van der Waals surface area contributed by atoms with Crippen LogP contribution in [0, 0.1) is 0 Å². The number of nitrogens with zero attached hydrogens (tertiary/aromatic N) is 4. The average Bonchev–Trinajstić information content (AvgIpc) is 3.93. The second kappa shape index (κ2) is 14.7. The number of benzene rings is 8. The molecule has 6 heteroatoms. The van der Waals surface area contributed by atoms with Crippen LogP contribution in [0.1, 0.15) is 0 Å². The van der Waals surface area contributed by atoms with Crippen LogP contribution >= 0.6 is 0 Å². The van der Waals surface area contributed by atoms with Gasteiger partial charge in [0, 0.05) is 33.0 Å². The fourth-order valence-corrected chi connectivity index (χ4v) is 8.55. The van der Waals surface area contributed by atoms with Crippen molar-refractivity contribution in [2.24, 2.45) is 0 Å². The van der Waals surface area contributed by atoms with Gasteiger partial charge in [-0.15, -0.1) is 0 Å². The van der Waals surface area contributed by atoms with Gasteiger partial charge in [-0.25, -0.2) is 9.97 Å². The Bertz CT molecular complexity index is 3410. The monoisotopic (exact) mass is 794 g/mol. The van der Waals surface area contributed by atoms with E-state index in [1.165, 1.54) is 0 Å². The third-order valence-electron chi connectivity index (χ3n) is 11.5. The van der Waals surface area contributed by atoms with E-state index < -0.39 is 0 Å². The van der Waals surface area contributed by atoms with Crippen LogP contribution in [0.15, 0.2) is 215 Å². The topological polar surface area (TPSA) is 77.8 Å². The molecule has 0 amide bonds. The van der Waals surface area contributed by atoms with Gasteiger partial charge in [-0.3, -0.25) is 0 Å². The fourth-order valence-electron chi connectivity index (χ4n) is 8.55. The van der Waals surface area contributed by atoms with E-state index in [-0.39, 0.29) is 0 Å². The van der Waals surface area contributed by atoms with Crippen molar-refractivity contribution in [1.82, 2.24) is 19.9 Å². The van der Waals surface area contributed by atoms with E-state index in [1.807, 2.05) is 97.1 Å². The molecule has 0 saturated carbocycles. The van der Waals surface area contributed by atoms with Crippen LogP contribution in [0.3, 0.4) is 0 Å². The van der Waals surface area contributed by atoms with Crippen molar-refractivity contribution >= 4 is 44.1 Å². The van der Waals surface area contributed by atoms with Crippen molar-refractivity contribution in [1.29, 1.82) is 0 Å². The summed E-state index contributed by atoms with van der Waals surface area (Å²) in [6, 6.07) is 70.9. The molecule has 4 heterocycles. The molecule has 0 radical (unpaired) electrons. The van der Waals surface area contributed by atoms with E-state index in [0.29, 0.717) is 23.1 Å². The first-order valence-electron chi connectivity index (χ1n) is 20.6. The first-order chi connectivity index (χ1) is 30.7. The molecule has 12 rings (SSSR count). The highest BCUT2D eigenvalue weighted by Gasteiger charge is 2.20. The number of hydrogen-bond donors (Lipinski definition) is 0. The van der Waals surface area contributed by atoms with Gasteiger partial charge in [0.25, 0.3) is 0 Å². The lowest BCUT2D eigenvalue weighted by molar-refractivity contribution is 0.653. The zero-order valence-electron chi connectivity index (χ0n) is 33.2. The van der Waals surface area contributed by atoms with Gasteiger partial charge in [0.05, 0.1) is 22.2 Å². The quantitative estimate of drug-likeness (QED) is 0.160. The van der Waals surface area contributed by atoms with E-state index >= 15 is 0 Å². The lowest BCUT2D eigenvalue weighted by Gasteiger charge is -2.11. The van der Waals surface area contributed by atoms with E-state index in [4.69, 9.17) is 28.8 Å². The van der Waals surface area contributed by atoms with Crippen molar-refractivity contribution in [2.45, 2.75) is 0 Å². The summed E-state index contributed by atoms with van der Waals surface area (Å²) in [7, 11) is 0. The standard InChI is InChI=1S/C56H34N4O2/c1-3-15-35(16-4-1)53-57-51(49-45-27-7-9-29-47(45)61-55(49)59-53)43-25-13-23-41(33-43)39-21-11-19-37(31-39)38-20-12-22-40(32-38)42-24-14-26-44(34-42)52-50-46-28-8-10-30-48(46)62-56(50)60-54(58-52)36-17-5-2-6-18-36/h1-34H. The minimum atomic E-state index is 0.574. The fraction of sp³-hybridized carbons (Fsp3) is 0. The van der Waals surface area contributed by atoms with Crippen LogP contribution in [0.2, 0.25) is 0 Å². The molecule has 4 aromatic heterocycles. The lowest BCUT2D eigenvalue weighted by atomic mass is 9.94. The molecule has 0 saturated heterocycles. The van der Waals surface area contributed by atoms with Crippen molar-refractivity contribution in [3.63, 3.8) is 0 Å². The van der Waals surface area contributed by atoms with Gasteiger partial charge in [-0.05, 0) is 69.8 Å². The van der Waals surface area contributed by atoms with Crippen LogP contribution in [0.4, 0.5) is 0 Å². The van der Waals surface area contributed by atoms with E-state index in [1.54, 1.807) is 0 Å². The van der Waals surface area contributed by atoms with E-state index in [0.717, 1.165) is 99.7 Å². The van der Waals surface area contributed by atoms with E-state index in [2.05, 4.69) is 109 Å². The maximum atomic E-state index is 6.32. The predicted molar refractivity (Wildman–Crippen MR) is 250 cm³/mol. The van der Waals surface area contributed by atoms with Gasteiger partial charge in [-0.1, -0.05) is 170 Å². The summed E-state index contributed by atoms with van der Waals surface area (Å²) in [4.78, 5) is 20.2. The van der Waals surface area contributed by atoms with E-state index in [9.17, 15) is 0 Å². The molecule has 290 valence electrons.